The van der Waals surface area contributed by atoms with E-state index in [9.17, 15) is 4.79 Å². The molecule has 1 amide bonds. The first-order valence-electron chi connectivity index (χ1n) is 3.87. The van der Waals surface area contributed by atoms with Gasteiger partial charge in [0.15, 0.2) is 0 Å². The third-order valence-corrected chi connectivity index (χ3v) is 1.64. The summed E-state index contributed by atoms with van der Waals surface area (Å²) in [4.78, 5) is 15.2. The minimum Gasteiger partial charge on any atom is -0.465 e. The number of carbonyl (C=O) groups is 1. The van der Waals surface area contributed by atoms with E-state index in [0.29, 0.717) is 17.3 Å². The zero-order valence-electron chi connectivity index (χ0n) is 7.07. The maximum Gasteiger partial charge on any atom is 0.275 e. The number of furan rings is 1. The van der Waals surface area contributed by atoms with Crippen LogP contribution >= 0.6 is 0 Å². The zero-order chi connectivity index (χ0) is 9.26. The molecule has 0 bridgehead atoms. The largest absolute Gasteiger partial charge is 0.465 e. The average Bonchev–Trinajstić information content (AvgIpc) is 2.63. The van der Waals surface area contributed by atoms with Crippen molar-refractivity contribution in [2.75, 3.05) is 0 Å². The van der Waals surface area contributed by atoms with Crippen LogP contribution in [0.15, 0.2) is 33.5 Å². The highest BCUT2D eigenvalue weighted by Crippen LogP contribution is 2.11. The molecule has 0 radical (unpaired) electrons. The Bertz CT molecular complexity index is 388. The predicted molar refractivity (Wildman–Crippen MR) is 47.9 cm³/mol. The molecule has 2 heterocycles. The lowest BCUT2D eigenvalue weighted by molar-refractivity contribution is -0.115. The standard InChI is InChI=1S/C9H8N2O2/c1-6-10-8(9(12)11-6)5-7-3-2-4-13-7/h2-5H,1H3,(H,10,11,12)/b8-5-. The van der Waals surface area contributed by atoms with Crippen LogP contribution in [0, 0.1) is 0 Å². The Morgan fingerprint density at radius 1 is 1.62 bits per heavy atom. The molecule has 1 aromatic heterocycles. The van der Waals surface area contributed by atoms with Crippen LogP contribution in [0.1, 0.15) is 12.7 Å². The van der Waals surface area contributed by atoms with Gasteiger partial charge in [0.05, 0.1) is 6.26 Å². The van der Waals surface area contributed by atoms with Crippen molar-refractivity contribution in [3.05, 3.63) is 29.9 Å². The fourth-order valence-corrected chi connectivity index (χ4v) is 1.09. The summed E-state index contributed by atoms with van der Waals surface area (Å²) in [7, 11) is 0. The maximum absolute atomic E-state index is 11.2. The molecule has 0 unspecified atom stereocenters. The van der Waals surface area contributed by atoms with E-state index in [0.717, 1.165) is 0 Å². The fraction of sp³-hybridized carbons (Fsp3) is 0.111. The third kappa shape index (κ3) is 1.51. The van der Waals surface area contributed by atoms with Crippen molar-refractivity contribution in [3.63, 3.8) is 0 Å². The predicted octanol–water partition coefficient (Wildman–Crippen LogP) is 1.17. The van der Waals surface area contributed by atoms with Crippen molar-refractivity contribution in [2.24, 2.45) is 4.99 Å². The second-order valence-electron chi connectivity index (χ2n) is 2.70. The van der Waals surface area contributed by atoms with Crippen LogP contribution in [-0.2, 0) is 4.79 Å². The number of rotatable bonds is 1. The molecule has 2 rings (SSSR count). The van der Waals surface area contributed by atoms with Crippen LogP contribution in [0.4, 0.5) is 0 Å². The van der Waals surface area contributed by atoms with Gasteiger partial charge in [0.1, 0.15) is 17.3 Å². The molecule has 0 aliphatic carbocycles. The number of nitrogens with zero attached hydrogens (tertiary/aromatic N) is 1. The molecule has 4 heteroatoms. The van der Waals surface area contributed by atoms with Gasteiger partial charge in [-0.05, 0) is 19.1 Å². The molecular weight excluding hydrogens is 168 g/mol. The Balaban J connectivity index is 2.31. The van der Waals surface area contributed by atoms with Gasteiger partial charge in [-0.1, -0.05) is 0 Å². The van der Waals surface area contributed by atoms with Gasteiger partial charge in [-0.15, -0.1) is 0 Å². The molecule has 1 aromatic rings. The van der Waals surface area contributed by atoms with Crippen LogP contribution in [0.3, 0.4) is 0 Å². The highest BCUT2D eigenvalue weighted by atomic mass is 16.3. The van der Waals surface area contributed by atoms with Gasteiger partial charge in [-0.2, -0.15) is 0 Å². The monoisotopic (exact) mass is 176 g/mol. The van der Waals surface area contributed by atoms with Gasteiger partial charge in [-0.25, -0.2) is 4.99 Å². The number of hydrogen-bond acceptors (Lipinski definition) is 3. The van der Waals surface area contributed by atoms with E-state index in [1.807, 2.05) is 0 Å². The summed E-state index contributed by atoms with van der Waals surface area (Å²) >= 11 is 0. The molecule has 0 aromatic carbocycles. The highest BCUT2D eigenvalue weighted by Gasteiger charge is 2.16. The quantitative estimate of drug-likeness (QED) is 0.653. The first kappa shape index (κ1) is 7.79. The number of nitrogens with one attached hydrogen (secondary N) is 1. The van der Waals surface area contributed by atoms with Crippen molar-refractivity contribution in [1.29, 1.82) is 0 Å². The summed E-state index contributed by atoms with van der Waals surface area (Å²) in [6, 6.07) is 3.53. The molecule has 0 fully saturated rings. The molecule has 13 heavy (non-hydrogen) atoms. The lowest BCUT2D eigenvalue weighted by atomic mass is 10.3. The van der Waals surface area contributed by atoms with Crippen molar-refractivity contribution in [1.82, 2.24) is 5.32 Å². The normalized spacial score (nSPS) is 19.0. The summed E-state index contributed by atoms with van der Waals surface area (Å²) in [5.74, 6) is 1.06. The van der Waals surface area contributed by atoms with Crippen molar-refractivity contribution < 1.29 is 9.21 Å². The molecule has 0 saturated heterocycles. The summed E-state index contributed by atoms with van der Waals surface area (Å²) in [5.41, 5.74) is 0.382. The Hall–Kier alpha value is -1.84. The first-order valence-corrected chi connectivity index (χ1v) is 3.87. The van der Waals surface area contributed by atoms with E-state index < -0.39 is 0 Å². The van der Waals surface area contributed by atoms with Crippen LogP contribution in [-0.4, -0.2) is 11.7 Å². The number of carbonyl (C=O) groups excluding carboxylic acids is 1. The van der Waals surface area contributed by atoms with Crippen LogP contribution in [0.25, 0.3) is 6.08 Å². The van der Waals surface area contributed by atoms with E-state index in [4.69, 9.17) is 4.42 Å². The maximum atomic E-state index is 11.2. The second kappa shape index (κ2) is 2.90. The SMILES string of the molecule is CC1=N/C(=C\c2ccco2)C(=O)N1. The van der Waals surface area contributed by atoms with Gasteiger partial charge < -0.3 is 9.73 Å². The molecule has 0 atom stereocenters. The number of amidine groups is 1. The van der Waals surface area contributed by atoms with E-state index >= 15 is 0 Å². The summed E-state index contributed by atoms with van der Waals surface area (Å²) < 4.78 is 5.05. The van der Waals surface area contributed by atoms with E-state index in [1.54, 1.807) is 31.4 Å². The smallest absolute Gasteiger partial charge is 0.275 e. The minimum absolute atomic E-state index is 0.186. The molecule has 4 nitrogen and oxygen atoms in total. The van der Waals surface area contributed by atoms with Gasteiger partial charge in [0.25, 0.3) is 5.91 Å². The third-order valence-electron chi connectivity index (χ3n) is 1.64. The summed E-state index contributed by atoms with van der Waals surface area (Å²) in [6.45, 7) is 1.74. The molecule has 66 valence electrons. The molecule has 1 aliphatic rings. The Morgan fingerprint density at radius 3 is 3.00 bits per heavy atom. The van der Waals surface area contributed by atoms with E-state index in [-0.39, 0.29) is 5.91 Å². The fourth-order valence-electron chi connectivity index (χ4n) is 1.09. The molecule has 0 spiro atoms. The molecule has 0 saturated carbocycles. The Morgan fingerprint density at radius 2 is 2.46 bits per heavy atom. The van der Waals surface area contributed by atoms with Gasteiger partial charge in [-0.3, -0.25) is 4.79 Å². The second-order valence-corrected chi connectivity index (χ2v) is 2.70. The van der Waals surface area contributed by atoms with E-state index in [1.165, 1.54) is 0 Å². The van der Waals surface area contributed by atoms with Crippen molar-refractivity contribution in [2.45, 2.75) is 6.92 Å². The number of hydrogen-bond donors (Lipinski definition) is 1. The number of amides is 1. The Kier molecular flexibility index (Phi) is 1.73. The van der Waals surface area contributed by atoms with Gasteiger partial charge >= 0.3 is 0 Å². The van der Waals surface area contributed by atoms with Crippen LogP contribution < -0.4 is 5.32 Å². The topological polar surface area (TPSA) is 54.6 Å². The minimum atomic E-state index is -0.186. The average molecular weight is 176 g/mol. The molecule has 1 N–H and O–H groups in total. The van der Waals surface area contributed by atoms with Gasteiger partial charge in [0.2, 0.25) is 0 Å². The molecule has 1 aliphatic heterocycles. The lowest BCUT2D eigenvalue weighted by Gasteiger charge is -1.88. The molecular formula is C9H8N2O2. The lowest BCUT2D eigenvalue weighted by Crippen LogP contribution is -2.21. The van der Waals surface area contributed by atoms with Gasteiger partial charge in [0, 0.05) is 6.08 Å². The van der Waals surface area contributed by atoms with Crippen LogP contribution in [0.2, 0.25) is 0 Å². The van der Waals surface area contributed by atoms with Crippen molar-refractivity contribution in [3.8, 4) is 0 Å². The highest BCUT2D eigenvalue weighted by molar-refractivity contribution is 6.13. The van der Waals surface area contributed by atoms with E-state index in [2.05, 4.69) is 10.3 Å². The first-order chi connectivity index (χ1) is 6.25. The van der Waals surface area contributed by atoms with Crippen molar-refractivity contribution >= 4 is 17.8 Å². The van der Waals surface area contributed by atoms with Crippen LogP contribution in [0.5, 0.6) is 0 Å². The summed E-state index contributed by atoms with van der Waals surface area (Å²) in [5, 5.41) is 2.58. The number of aliphatic imine (C=N–C) groups is 1. The zero-order valence-corrected chi connectivity index (χ0v) is 7.07. The Labute approximate surface area is 75.0 Å². The summed E-state index contributed by atoms with van der Waals surface area (Å²) in [6.07, 6.45) is 3.15.